The topological polar surface area (TPSA) is 90.0 Å². The lowest BCUT2D eigenvalue weighted by Crippen LogP contribution is -2.66. The number of ether oxygens (including phenoxy) is 2. The van der Waals surface area contributed by atoms with Gasteiger partial charge < -0.3 is 14.4 Å². The average Bonchev–Trinajstić information content (AvgIpc) is 2.64. The van der Waals surface area contributed by atoms with Crippen LogP contribution in [0.15, 0.2) is 29.2 Å². The van der Waals surface area contributed by atoms with E-state index in [0.717, 1.165) is 16.7 Å². The third kappa shape index (κ3) is 5.96. The zero-order chi connectivity index (χ0) is 21.7. The maximum Gasteiger partial charge on any atom is 0.328 e. The minimum absolute atomic E-state index is 0.0246. The van der Waals surface area contributed by atoms with E-state index in [9.17, 15) is 19.2 Å². The number of carbonyl (C=O) groups is 4. The van der Waals surface area contributed by atoms with Gasteiger partial charge in [0.15, 0.2) is 5.12 Å². The van der Waals surface area contributed by atoms with E-state index in [0.29, 0.717) is 5.02 Å². The van der Waals surface area contributed by atoms with Crippen LogP contribution < -0.4 is 0 Å². The standard InChI is InChI=1S/C20H24ClNO6S/c1-11(2)17-18(12(3)20(26)29-15-7-5-14(21)6-8-15)22(19(17)25)9-16(24)28-10-27-13(4)23/h5-8,11-12,17-18H,9-10H2,1-4H3/t12-,17-,18-/m1/s1. The monoisotopic (exact) mass is 441 g/mol. The first-order valence-corrected chi connectivity index (χ1v) is 10.4. The predicted octanol–water partition coefficient (Wildman–Crippen LogP) is 3.14. The summed E-state index contributed by atoms with van der Waals surface area (Å²) in [5, 5.41) is 0.478. The molecular weight excluding hydrogens is 418 g/mol. The van der Waals surface area contributed by atoms with E-state index in [1.165, 1.54) is 11.8 Å². The summed E-state index contributed by atoms with van der Waals surface area (Å²) in [6.45, 7) is 5.98. The van der Waals surface area contributed by atoms with Crippen molar-refractivity contribution >= 4 is 46.3 Å². The predicted molar refractivity (Wildman–Crippen MR) is 108 cm³/mol. The Labute approximate surface area is 179 Å². The number of benzene rings is 1. The molecule has 1 aromatic rings. The normalized spacial score (nSPS) is 19.5. The molecule has 0 spiro atoms. The molecule has 2 rings (SSSR count). The first-order valence-electron chi connectivity index (χ1n) is 9.18. The van der Waals surface area contributed by atoms with Gasteiger partial charge in [0, 0.05) is 22.8 Å². The smallest absolute Gasteiger partial charge is 0.328 e. The Bertz CT molecular complexity index is 782. The van der Waals surface area contributed by atoms with Crippen molar-refractivity contribution in [3.05, 3.63) is 29.3 Å². The van der Waals surface area contributed by atoms with Crippen LogP contribution in [-0.2, 0) is 28.7 Å². The van der Waals surface area contributed by atoms with Crippen LogP contribution in [0, 0.1) is 17.8 Å². The lowest BCUT2D eigenvalue weighted by Gasteiger charge is -2.50. The van der Waals surface area contributed by atoms with Crippen LogP contribution in [-0.4, -0.2) is 47.2 Å². The second-order valence-corrected chi connectivity index (χ2v) is 8.67. The lowest BCUT2D eigenvalue weighted by molar-refractivity contribution is -0.178. The van der Waals surface area contributed by atoms with Gasteiger partial charge in [-0.3, -0.25) is 19.2 Å². The third-order valence-corrected chi connectivity index (χ3v) is 6.04. The second kappa shape index (κ2) is 10.1. The first kappa shape index (κ1) is 23.2. The molecular formula is C20H24ClNO6S. The number of amides is 1. The number of likely N-dealkylation sites (tertiary alicyclic amines) is 1. The minimum atomic E-state index is -0.697. The summed E-state index contributed by atoms with van der Waals surface area (Å²) in [6.07, 6.45) is 0. The van der Waals surface area contributed by atoms with Crippen molar-refractivity contribution in [1.82, 2.24) is 4.90 Å². The van der Waals surface area contributed by atoms with E-state index in [4.69, 9.17) is 16.3 Å². The zero-order valence-electron chi connectivity index (χ0n) is 16.7. The largest absolute Gasteiger partial charge is 0.428 e. The highest BCUT2D eigenvalue weighted by atomic mass is 35.5. The van der Waals surface area contributed by atoms with Crippen molar-refractivity contribution in [2.75, 3.05) is 13.3 Å². The average molecular weight is 442 g/mol. The van der Waals surface area contributed by atoms with Gasteiger partial charge in [-0.15, -0.1) is 0 Å². The molecule has 7 nitrogen and oxygen atoms in total. The number of carbonyl (C=O) groups excluding carboxylic acids is 4. The number of nitrogens with zero attached hydrogens (tertiary/aromatic N) is 1. The highest BCUT2D eigenvalue weighted by molar-refractivity contribution is 8.13. The summed E-state index contributed by atoms with van der Waals surface area (Å²) >= 11 is 6.96. The molecule has 1 fully saturated rings. The summed E-state index contributed by atoms with van der Waals surface area (Å²) in [7, 11) is 0. The number of esters is 2. The minimum Gasteiger partial charge on any atom is -0.428 e. The SMILES string of the molecule is CC(=O)OCOC(=O)CN1C(=O)[C@H](C(C)C)[C@H]1[C@@H](C)C(=O)Sc1ccc(Cl)cc1. The molecule has 29 heavy (non-hydrogen) atoms. The fourth-order valence-corrected chi connectivity index (χ4v) is 4.21. The molecule has 158 valence electrons. The summed E-state index contributed by atoms with van der Waals surface area (Å²) in [4.78, 5) is 50.2. The van der Waals surface area contributed by atoms with E-state index in [2.05, 4.69) is 4.74 Å². The molecule has 1 saturated heterocycles. The Morgan fingerprint density at radius 1 is 1.14 bits per heavy atom. The Morgan fingerprint density at radius 3 is 2.31 bits per heavy atom. The van der Waals surface area contributed by atoms with Crippen molar-refractivity contribution < 1.29 is 28.7 Å². The number of halogens is 1. The van der Waals surface area contributed by atoms with Gasteiger partial charge in [-0.25, -0.2) is 0 Å². The molecule has 1 aliphatic heterocycles. The maximum atomic E-state index is 12.8. The molecule has 1 aliphatic rings. The molecule has 0 aliphatic carbocycles. The molecule has 1 aromatic carbocycles. The van der Waals surface area contributed by atoms with E-state index in [1.807, 2.05) is 13.8 Å². The van der Waals surface area contributed by atoms with Gasteiger partial charge in [0.05, 0.1) is 12.0 Å². The van der Waals surface area contributed by atoms with Crippen molar-refractivity contribution in [2.45, 2.75) is 38.6 Å². The molecule has 0 N–H and O–H groups in total. The van der Waals surface area contributed by atoms with Gasteiger partial charge in [0.1, 0.15) is 6.54 Å². The van der Waals surface area contributed by atoms with Crippen molar-refractivity contribution in [1.29, 1.82) is 0 Å². The van der Waals surface area contributed by atoms with Crippen molar-refractivity contribution in [3.8, 4) is 0 Å². The summed E-state index contributed by atoms with van der Waals surface area (Å²) < 4.78 is 9.39. The van der Waals surface area contributed by atoms with Crippen molar-refractivity contribution in [3.63, 3.8) is 0 Å². The Morgan fingerprint density at radius 2 is 1.76 bits per heavy atom. The molecule has 0 aromatic heterocycles. The van der Waals surface area contributed by atoms with E-state index < -0.39 is 30.7 Å². The lowest BCUT2D eigenvalue weighted by atomic mass is 9.73. The van der Waals surface area contributed by atoms with Gasteiger partial charge in [-0.05, 0) is 30.2 Å². The molecule has 1 heterocycles. The van der Waals surface area contributed by atoms with Crippen LogP contribution in [0.25, 0.3) is 0 Å². The van der Waals surface area contributed by atoms with E-state index >= 15 is 0 Å². The molecule has 1 amide bonds. The molecule has 0 bridgehead atoms. The highest BCUT2D eigenvalue weighted by Crippen LogP contribution is 2.39. The number of β-lactam (4-membered cyclic amide) rings is 1. The van der Waals surface area contributed by atoms with E-state index in [1.54, 1.807) is 31.2 Å². The second-order valence-electron chi connectivity index (χ2n) is 7.16. The van der Waals surface area contributed by atoms with Crippen molar-refractivity contribution in [2.24, 2.45) is 17.8 Å². The van der Waals surface area contributed by atoms with Crippen LogP contribution in [0.1, 0.15) is 27.7 Å². The van der Waals surface area contributed by atoms with Crippen LogP contribution in [0.2, 0.25) is 5.02 Å². The van der Waals surface area contributed by atoms with Gasteiger partial charge in [0.25, 0.3) is 0 Å². The van der Waals surface area contributed by atoms with Gasteiger partial charge in [0.2, 0.25) is 12.7 Å². The van der Waals surface area contributed by atoms with Gasteiger partial charge >= 0.3 is 11.9 Å². The molecule has 9 heteroatoms. The summed E-state index contributed by atoms with van der Waals surface area (Å²) in [5.74, 6) is -2.27. The van der Waals surface area contributed by atoms with Crippen LogP contribution in [0.5, 0.6) is 0 Å². The maximum absolute atomic E-state index is 12.8. The third-order valence-electron chi connectivity index (χ3n) is 4.71. The highest BCUT2D eigenvalue weighted by Gasteiger charge is 2.53. The van der Waals surface area contributed by atoms with Crippen LogP contribution in [0.3, 0.4) is 0 Å². The number of hydrogen-bond donors (Lipinski definition) is 0. The zero-order valence-corrected chi connectivity index (χ0v) is 18.3. The van der Waals surface area contributed by atoms with Gasteiger partial charge in [-0.2, -0.15) is 0 Å². The Kier molecular flexibility index (Phi) is 8.10. The molecule has 0 saturated carbocycles. The summed E-state index contributed by atoms with van der Waals surface area (Å²) in [5.41, 5.74) is 0. The van der Waals surface area contributed by atoms with Crippen LogP contribution in [0.4, 0.5) is 0 Å². The fraction of sp³-hybridized carbons (Fsp3) is 0.500. The van der Waals surface area contributed by atoms with Gasteiger partial charge in [-0.1, -0.05) is 44.1 Å². The number of hydrogen-bond acceptors (Lipinski definition) is 7. The quantitative estimate of drug-likeness (QED) is 0.265. The Balaban J connectivity index is 2.04. The number of rotatable bonds is 8. The van der Waals surface area contributed by atoms with E-state index in [-0.39, 0.29) is 29.4 Å². The molecule has 0 unspecified atom stereocenters. The number of thioether (sulfide) groups is 1. The molecule has 0 radical (unpaired) electrons. The van der Waals surface area contributed by atoms with Crippen LogP contribution >= 0.6 is 23.4 Å². The fourth-order valence-electron chi connectivity index (χ4n) is 3.25. The first-order chi connectivity index (χ1) is 13.6. The molecule has 3 atom stereocenters. The summed E-state index contributed by atoms with van der Waals surface area (Å²) in [6, 6.07) is 6.52. The Hall–Kier alpha value is -2.06.